The van der Waals surface area contributed by atoms with Gasteiger partial charge >= 0.3 is 0 Å². The first-order valence-electron chi connectivity index (χ1n) is 7.25. The number of benzene rings is 1. The minimum Gasteiger partial charge on any atom is -0.377 e. The van der Waals surface area contributed by atoms with Gasteiger partial charge in [-0.05, 0) is 24.3 Å². The largest absolute Gasteiger partial charge is 0.377 e. The molecule has 0 saturated carbocycles. The number of sulfone groups is 1. The summed E-state index contributed by atoms with van der Waals surface area (Å²) in [6.07, 6.45) is 2.30. The van der Waals surface area contributed by atoms with Gasteiger partial charge in [0.2, 0.25) is 0 Å². The second kappa shape index (κ2) is 6.33. The molecule has 1 N–H and O–H groups in total. The van der Waals surface area contributed by atoms with E-state index in [1.807, 2.05) is 0 Å². The highest BCUT2D eigenvalue weighted by molar-refractivity contribution is 7.90. The number of carbonyl (C=O) groups excluding carboxylic acids is 1. The van der Waals surface area contributed by atoms with Crippen molar-refractivity contribution >= 4 is 15.7 Å². The van der Waals surface area contributed by atoms with Crippen LogP contribution >= 0.6 is 0 Å². The van der Waals surface area contributed by atoms with Gasteiger partial charge in [-0.3, -0.25) is 9.89 Å². The Kier molecular flexibility index (Phi) is 4.37. The summed E-state index contributed by atoms with van der Waals surface area (Å²) < 4.78 is 42.3. The van der Waals surface area contributed by atoms with Gasteiger partial charge in [-0.15, -0.1) is 0 Å². The molecule has 0 radical (unpaired) electrons. The first-order valence-corrected chi connectivity index (χ1v) is 9.14. The average molecular weight is 353 g/mol. The van der Waals surface area contributed by atoms with Gasteiger partial charge in [-0.2, -0.15) is 5.10 Å². The van der Waals surface area contributed by atoms with Crippen molar-refractivity contribution in [1.29, 1.82) is 0 Å². The lowest BCUT2D eigenvalue weighted by molar-refractivity contribution is -0.00468. The highest BCUT2D eigenvalue weighted by Gasteiger charge is 2.33. The van der Waals surface area contributed by atoms with E-state index in [0.717, 1.165) is 6.26 Å². The third kappa shape index (κ3) is 3.17. The lowest BCUT2D eigenvalue weighted by Crippen LogP contribution is -2.44. The molecule has 1 atom stereocenters. The molecule has 1 amide bonds. The van der Waals surface area contributed by atoms with E-state index in [2.05, 4.69) is 10.2 Å². The Balaban J connectivity index is 1.96. The smallest absolute Gasteiger partial charge is 0.254 e. The fourth-order valence-electron chi connectivity index (χ4n) is 2.66. The number of hydrogen-bond donors (Lipinski definition) is 1. The van der Waals surface area contributed by atoms with E-state index in [0.29, 0.717) is 24.4 Å². The van der Waals surface area contributed by atoms with Gasteiger partial charge in [-0.25, -0.2) is 12.8 Å². The monoisotopic (exact) mass is 353 g/mol. The normalized spacial score (nSPS) is 18.6. The maximum atomic E-state index is 13.1. The molecule has 7 nitrogen and oxygen atoms in total. The second-order valence-electron chi connectivity index (χ2n) is 5.52. The van der Waals surface area contributed by atoms with E-state index in [1.54, 1.807) is 0 Å². The van der Waals surface area contributed by atoms with Gasteiger partial charge in [-0.1, -0.05) is 0 Å². The Morgan fingerprint density at radius 2 is 2.08 bits per heavy atom. The molecule has 1 saturated heterocycles. The SMILES string of the molecule is CS(=O)(=O)c1cn[nH]c1C1COCCN1C(=O)c1ccc(F)cc1. The summed E-state index contributed by atoms with van der Waals surface area (Å²) in [5.74, 6) is -0.754. The predicted molar refractivity (Wildman–Crippen MR) is 82.7 cm³/mol. The lowest BCUT2D eigenvalue weighted by Gasteiger charge is -2.35. The number of amides is 1. The zero-order valence-corrected chi connectivity index (χ0v) is 13.7. The number of carbonyl (C=O) groups is 1. The van der Waals surface area contributed by atoms with E-state index in [-0.39, 0.29) is 17.4 Å². The third-order valence-electron chi connectivity index (χ3n) is 3.85. The number of hydrogen-bond acceptors (Lipinski definition) is 5. The minimum absolute atomic E-state index is 0.0370. The Hall–Kier alpha value is -2.26. The number of nitrogens with zero attached hydrogens (tertiary/aromatic N) is 2. The Bertz CT molecular complexity index is 848. The van der Waals surface area contributed by atoms with Crippen molar-refractivity contribution < 1.29 is 22.3 Å². The van der Waals surface area contributed by atoms with Crippen molar-refractivity contribution in [3.63, 3.8) is 0 Å². The van der Waals surface area contributed by atoms with Crippen LogP contribution in [0.15, 0.2) is 35.4 Å². The van der Waals surface area contributed by atoms with Gasteiger partial charge in [0.1, 0.15) is 10.7 Å². The van der Waals surface area contributed by atoms with Crippen molar-refractivity contribution in [3.8, 4) is 0 Å². The fraction of sp³-hybridized carbons (Fsp3) is 0.333. The van der Waals surface area contributed by atoms with Crippen LogP contribution in [0.2, 0.25) is 0 Å². The molecule has 1 aromatic carbocycles. The zero-order chi connectivity index (χ0) is 17.3. The second-order valence-corrected chi connectivity index (χ2v) is 7.50. The van der Waals surface area contributed by atoms with Crippen LogP contribution in [0.5, 0.6) is 0 Å². The van der Waals surface area contributed by atoms with Crippen LogP contribution in [0.3, 0.4) is 0 Å². The van der Waals surface area contributed by atoms with Crippen LogP contribution in [0, 0.1) is 5.82 Å². The van der Waals surface area contributed by atoms with Gasteiger partial charge < -0.3 is 9.64 Å². The number of halogens is 1. The zero-order valence-electron chi connectivity index (χ0n) is 12.9. The standard InChI is InChI=1S/C15H16FN3O4S/c1-24(21,22)13-8-17-18-14(13)12-9-23-7-6-19(12)15(20)10-2-4-11(16)5-3-10/h2-5,8,12H,6-7,9H2,1H3,(H,17,18). The molecule has 1 fully saturated rings. The molecule has 9 heteroatoms. The van der Waals surface area contributed by atoms with Crippen molar-refractivity contribution in [3.05, 3.63) is 47.5 Å². The molecule has 2 aromatic rings. The molecule has 1 aromatic heterocycles. The summed E-state index contributed by atoms with van der Waals surface area (Å²) in [4.78, 5) is 14.3. The molecule has 1 aliphatic heterocycles. The van der Waals surface area contributed by atoms with E-state index < -0.39 is 21.7 Å². The lowest BCUT2D eigenvalue weighted by atomic mass is 10.1. The van der Waals surface area contributed by atoms with Crippen molar-refractivity contribution in [2.75, 3.05) is 26.0 Å². The summed E-state index contributed by atoms with van der Waals surface area (Å²) in [7, 11) is -3.50. The molecule has 1 aliphatic rings. The quantitative estimate of drug-likeness (QED) is 0.894. The summed E-state index contributed by atoms with van der Waals surface area (Å²) in [5, 5.41) is 6.46. The molecule has 1 unspecified atom stereocenters. The van der Waals surface area contributed by atoms with E-state index in [1.165, 1.54) is 35.4 Å². The maximum absolute atomic E-state index is 13.1. The maximum Gasteiger partial charge on any atom is 0.254 e. The number of aromatic amines is 1. The predicted octanol–water partition coefficient (Wildman–Crippen LogP) is 1.17. The summed E-state index contributed by atoms with van der Waals surface area (Å²) in [6.45, 7) is 0.784. The summed E-state index contributed by atoms with van der Waals surface area (Å²) in [6, 6.07) is 4.61. The molecule has 0 bridgehead atoms. The first-order chi connectivity index (χ1) is 11.4. The number of nitrogens with one attached hydrogen (secondary N) is 1. The van der Waals surface area contributed by atoms with Gasteiger partial charge in [0, 0.05) is 18.4 Å². The summed E-state index contributed by atoms with van der Waals surface area (Å²) >= 11 is 0. The van der Waals surface area contributed by atoms with Gasteiger partial charge in [0.25, 0.3) is 5.91 Å². The van der Waals surface area contributed by atoms with Crippen LogP contribution in [0.4, 0.5) is 4.39 Å². The van der Waals surface area contributed by atoms with E-state index in [9.17, 15) is 17.6 Å². The summed E-state index contributed by atoms with van der Waals surface area (Å²) in [5.41, 5.74) is 0.636. The first kappa shape index (κ1) is 16.6. The number of aromatic nitrogens is 2. The fourth-order valence-corrected chi connectivity index (χ4v) is 3.49. The number of H-pyrrole nitrogens is 1. The van der Waals surface area contributed by atoms with Crippen LogP contribution in [0.25, 0.3) is 0 Å². The van der Waals surface area contributed by atoms with E-state index in [4.69, 9.17) is 4.74 Å². The number of morpholine rings is 1. The molecule has 2 heterocycles. The highest BCUT2D eigenvalue weighted by Crippen LogP contribution is 2.29. The molecule has 0 aliphatic carbocycles. The topological polar surface area (TPSA) is 92.4 Å². The van der Waals surface area contributed by atoms with Crippen LogP contribution in [-0.2, 0) is 14.6 Å². The van der Waals surface area contributed by atoms with Crippen LogP contribution in [-0.4, -0.2) is 55.4 Å². The minimum atomic E-state index is -3.50. The number of rotatable bonds is 3. The van der Waals surface area contributed by atoms with Crippen LogP contribution in [0.1, 0.15) is 22.1 Å². The van der Waals surface area contributed by atoms with Gasteiger partial charge in [0.15, 0.2) is 9.84 Å². The molecule has 128 valence electrons. The molecule has 0 spiro atoms. The Labute approximate surface area is 138 Å². The Morgan fingerprint density at radius 1 is 1.38 bits per heavy atom. The molecular formula is C15H16FN3O4S. The molecule has 24 heavy (non-hydrogen) atoms. The Morgan fingerprint density at radius 3 is 2.75 bits per heavy atom. The third-order valence-corrected chi connectivity index (χ3v) is 4.97. The molecule has 3 rings (SSSR count). The van der Waals surface area contributed by atoms with E-state index >= 15 is 0 Å². The number of ether oxygens (including phenoxy) is 1. The van der Waals surface area contributed by atoms with Crippen molar-refractivity contribution in [2.24, 2.45) is 0 Å². The highest BCUT2D eigenvalue weighted by atomic mass is 32.2. The molecular weight excluding hydrogens is 337 g/mol. The van der Waals surface area contributed by atoms with Crippen molar-refractivity contribution in [1.82, 2.24) is 15.1 Å². The van der Waals surface area contributed by atoms with Gasteiger partial charge in [0.05, 0.1) is 31.1 Å². The van der Waals surface area contributed by atoms with Crippen LogP contribution < -0.4 is 0 Å². The average Bonchev–Trinajstić information content (AvgIpc) is 3.05. The van der Waals surface area contributed by atoms with Crippen molar-refractivity contribution in [2.45, 2.75) is 10.9 Å².